The van der Waals surface area contributed by atoms with Crippen LogP contribution in [0.3, 0.4) is 0 Å². The number of fused-ring (bicyclic) bond motifs is 1. The Morgan fingerprint density at radius 1 is 1.05 bits per heavy atom. The summed E-state index contributed by atoms with van der Waals surface area (Å²) >= 11 is 5.02. The molecule has 0 aliphatic rings. The maximum absolute atomic E-state index is 6.22. The lowest BCUT2D eigenvalue weighted by Crippen LogP contribution is -1.95. The summed E-state index contributed by atoms with van der Waals surface area (Å²) in [6.07, 6.45) is 0. The first-order chi connectivity index (χ1) is 10.2. The molecule has 0 aromatic carbocycles. The molecule has 0 amide bonds. The topological polar surface area (TPSA) is 51.8 Å². The van der Waals surface area contributed by atoms with Gasteiger partial charge in [0.25, 0.3) is 0 Å². The first-order valence-corrected chi connectivity index (χ1v) is 8.95. The predicted octanol–water partition coefficient (Wildman–Crippen LogP) is 5.04. The zero-order valence-corrected chi connectivity index (χ0v) is 13.6. The van der Waals surface area contributed by atoms with Gasteiger partial charge in [0.1, 0.15) is 10.6 Å². The highest BCUT2D eigenvalue weighted by molar-refractivity contribution is 7.19. The fraction of sp³-hybridized carbons (Fsp3) is 0.0667. The lowest BCUT2D eigenvalue weighted by atomic mass is 10.2. The third-order valence-electron chi connectivity index (χ3n) is 3.21. The highest BCUT2D eigenvalue weighted by Crippen LogP contribution is 2.39. The smallest absolute Gasteiger partial charge is 0.173 e. The van der Waals surface area contributed by atoms with Crippen LogP contribution in [0.4, 0.5) is 5.82 Å². The average molecular weight is 329 g/mol. The summed E-state index contributed by atoms with van der Waals surface area (Å²) in [5.74, 6) is 1.28. The molecule has 4 aromatic heterocycles. The average Bonchev–Trinajstić information content (AvgIpc) is 3.16. The Hall–Kier alpha value is -1.76. The van der Waals surface area contributed by atoms with Crippen LogP contribution in [0.15, 0.2) is 35.0 Å². The number of nitrogens with zero attached hydrogens (tertiary/aromatic N) is 2. The summed E-state index contributed by atoms with van der Waals surface area (Å²) in [5.41, 5.74) is 7.35. The molecule has 0 saturated heterocycles. The van der Waals surface area contributed by atoms with Gasteiger partial charge in [-0.2, -0.15) is 0 Å². The molecule has 0 fully saturated rings. The monoisotopic (exact) mass is 329 g/mol. The van der Waals surface area contributed by atoms with Crippen molar-refractivity contribution in [2.24, 2.45) is 0 Å². The largest absolute Gasteiger partial charge is 0.383 e. The van der Waals surface area contributed by atoms with Crippen molar-refractivity contribution in [2.45, 2.75) is 6.92 Å². The Morgan fingerprint density at radius 3 is 2.67 bits per heavy atom. The van der Waals surface area contributed by atoms with E-state index in [0.29, 0.717) is 5.82 Å². The quantitative estimate of drug-likeness (QED) is 0.560. The molecule has 4 heterocycles. The first-order valence-electron chi connectivity index (χ1n) is 6.38. The molecule has 21 heavy (non-hydrogen) atoms. The number of anilines is 1. The molecule has 0 unspecified atom stereocenters. The minimum absolute atomic E-state index is 0.561. The molecule has 0 radical (unpaired) electrons. The lowest BCUT2D eigenvalue weighted by molar-refractivity contribution is 1.26. The van der Waals surface area contributed by atoms with Crippen LogP contribution in [0.2, 0.25) is 0 Å². The van der Waals surface area contributed by atoms with E-state index in [0.717, 1.165) is 26.5 Å². The van der Waals surface area contributed by atoms with Gasteiger partial charge in [0.05, 0.1) is 10.3 Å². The number of aromatic nitrogens is 2. The zero-order valence-electron chi connectivity index (χ0n) is 11.2. The van der Waals surface area contributed by atoms with Crippen molar-refractivity contribution < 1.29 is 0 Å². The lowest BCUT2D eigenvalue weighted by Gasteiger charge is -2.02. The molecule has 4 rings (SSSR count). The first kappa shape index (κ1) is 12.9. The molecule has 2 N–H and O–H groups in total. The van der Waals surface area contributed by atoms with Crippen LogP contribution in [-0.4, -0.2) is 9.97 Å². The Bertz CT molecular complexity index is 919. The van der Waals surface area contributed by atoms with Crippen LogP contribution < -0.4 is 5.73 Å². The summed E-state index contributed by atoms with van der Waals surface area (Å²) < 4.78 is 0. The van der Waals surface area contributed by atoms with E-state index in [1.807, 2.05) is 12.1 Å². The third-order valence-corrected chi connectivity index (χ3v) is 5.98. The minimum Gasteiger partial charge on any atom is -0.383 e. The van der Waals surface area contributed by atoms with Gasteiger partial charge < -0.3 is 5.73 Å². The molecular formula is C15H11N3S3. The Balaban J connectivity index is 1.93. The van der Waals surface area contributed by atoms with Crippen LogP contribution in [0, 0.1) is 6.92 Å². The molecule has 0 atom stereocenters. The van der Waals surface area contributed by atoms with E-state index in [9.17, 15) is 0 Å². The summed E-state index contributed by atoms with van der Waals surface area (Å²) in [6, 6.07) is 8.27. The number of thiophene rings is 3. The number of hydrogen-bond donors (Lipinski definition) is 1. The van der Waals surface area contributed by atoms with Crippen molar-refractivity contribution in [3.05, 3.63) is 39.9 Å². The van der Waals surface area contributed by atoms with Crippen molar-refractivity contribution in [3.63, 3.8) is 0 Å². The van der Waals surface area contributed by atoms with Gasteiger partial charge in [0.15, 0.2) is 5.82 Å². The van der Waals surface area contributed by atoms with E-state index in [1.54, 1.807) is 34.0 Å². The van der Waals surface area contributed by atoms with Crippen molar-refractivity contribution in [1.82, 2.24) is 9.97 Å². The van der Waals surface area contributed by atoms with Crippen LogP contribution in [-0.2, 0) is 0 Å². The molecule has 0 saturated carbocycles. The van der Waals surface area contributed by atoms with Crippen molar-refractivity contribution >= 4 is 50.0 Å². The normalized spacial score (nSPS) is 11.3. The zero-order chi connectivity index (χ0) is 14.4. The van der Waals surface area contributed by atoms with Crippen LogP contribution in [0.5, 0.6) is 0 Å². The third kappa shape index (κ3) is 2.16. The fourth-order valence-electron chi connectivity index (χ4n) is 2.25. The molecule has 4 aromatic rings. The molecule has 0 bridgehead atoms. The number of hydrogen-bond acceptors (Lipinski definition) is 6. The van der Waals surface area contributed by atoms with E-state index in [2.05, 4.69) is 34.8 Å². The maximum Gasteiger partial charge on any atom is 0.173 e. The van der Waals surface area contributed by atoms with Gasteiger partial charge in [-0.05, 0) is 30.5 Å². The Labute approximate surface area is 133 Å². The number of nitrogen functional groups attached to an aromatic ring is 1. The van der Waals surface area contributed by atoms with Gasteiger partial charge in [-0.1, -0.05) is 6.07 Å². The Kier molecular flexibility index (Phi) is 3.02. The van der Waals surface area contributed by atoms with Gasteiger partial charge in [-0.3, -0.25) is 0 Å². The summed E-state index contributed by atoms with van der Waals surface area (Å²) in [5, 5.41) is 5.16. The van der Waals surface area contributed by atoms with E-state index in [1.165, 1.54) is 9.75 Å². The van der Waals surface area contributed by atoms with Gasteiger partial charge in [0.2, 0.25) is 0 Å². The Morgan fingerprint density at radius 2 is 1.95 bits per heavy atom. The van der Waals surface area contributed by atoms with E-state index < -0.39 is 0 Å². The SMILES string of the molecule is Cc1ccc(-c2nc(N)c3c(-c4cccs4)csc3n2)s1. The molecular weight excluding hydrogens is 318 g/mol. The molecule has 0 spiro atoms. The standard InChI is InChI=1S/C15H11N3S3/c1-8-4-5-11(21-8)14-17-13(16)12-9(7-20-15(12)18-14)10-3-2-6-19-10/h2-7H,1H3,(H2,16,17,18). The van der Waals surface area contributed by atoms with Gasteiger partial charge in [0, 0.05) is 20.7 Å². The van der Waals surface area contributed by atoms with Crippen molar-refractivity contribution in [2.75, 3.05) is 5.73 Å². The van der Waals surface area contributed by atoms with Crippen molar-refractivity contribution in [1.29, 1.82) is 0 Å². The van der Waals surface area contributed by atoms with Gasteiger partial charge in [-0.15, -0.1) is 34.0 Å². The fourth-order valence-corrected chi connectivity index (χ4v) is 4.82. The van der Waals surface area contributed by atoms with E-state index in [4.69, 9.17) is 10.7 Å². The second kappa shape index (κ2) is 4.91. The second-order valence-electron chi connectivity index (χ2n) is 4.65. The van der Waals surface area contributed by atoms with Crippen molar-refractivity contribution in [3.8, 4) is 21.1 Å². The highest BCUT2D eigenvalue weighted by Gasteiger charge is 2.15. The van der Waals surface area contributed by atoms with Gasteiger partial charge >= 0.3 is 0 Å². The number of rotatable bonds is 2. The summed E-state index contributed by atoms with van der Waals surface area (Å²) in [7, 11) is 0. The van der Waals surface area contributed by atoms with Crippen LogP contribution in [0.25, 0.3) is 31.4 Å². The molecule has 0 aliphatic carbocycles. The highest BCUT2D eigenvalue weighted by atomic mass is 32.1. The van der Waals surface area contributed by atoms with E-state index >= 15 is 0 Å². The van der Waals surface area contributed by atoms with Crippen LogP contribution in [0.1, 0.15) is 4.88 Å². The summed E-state index contributed by atoms with van der Waals surface area (Å²) in [4.78, 5) is 13.7. The maximum atomic E-state index is 6.22. The van der Waals surface area contributed by atoms with Gasteiger partial charge in [-0.25, -0.2) is 9.97 Å². The van der Waals surface area contributed by atoms with E-state index in [-0.39, 0.29) is 0 Å². The summed E-state index contributed by atoms with van der Waals surface area (Å²) in [6.45, 7) is 2.08. The minimum atomic E-state index is 0.561. The number of nitrogens with two attached hydrogens (primary N) is 1. The molecule has 0 aliphatic heterocycles. The number of aryl methyl sites for hydroxylation is 1. The van der Waals surface area contributed by atoms with Crippen LogP contribution >= 0.6 is 34.0 Å². The molecule has 3 nitrogen and oxygen atoms in total. The molecule has 6 heteroatoms. The molecule has 104 valence electrons. The predicted molar refractivity (Wildman–Crippen MR) is 93.2 cm³/mol. The second-order valence-corrected chi connectivity index (χ2v) is 7.74.